The summed E-state index contributed by atoms with van der Waals surface area (Å²) >= 11 is 0. The first-order chi connectivity index (χ1) is 11.3. The molecule has 128 valence electrons. The molecule has 0 atom stereocenters. The molecule has 24 heavy (non-hydrogen) atoms. The first-order valence-corrected chi connectivity index (χ1v) is 8.12. The number of hydrogen-bond acceptors (Lipinski definition) is 2. The second kappa shape index (κ2) is 7.43. The van der Waals surface area contributed by atoms with Crippen molar-refractivity contribution in [3.63, 3.8) is 0 Å². The summed E-state index contributed by atoms with van der Waals surface area (Å²) in [6.45, 7) is 7.87. The zero-order valence-electron chi connectivity index (χ0n) is 14.5. The Labute approximate surface area is 141 Å². The molecule has 1 heterocycles. The summed E-state index contributed by atoms with van der Waals surface area (Å²) in [5.41, 5.74) is 2.41. The smallest absolute Gasteiger partial charge is 0.263 e. The van der Waals surface area contributed by atoms with Crippen molar-refractivity contribution >= 4 is 5.91 Å². The van der Waals surface area contributed by atoms with E-state index in [-0.39, 0.29) is 28.9 Å². The molecule has 0 spiro atoms. The molecule has 0 fully saturated rings. The quantitative estimate of drug-likeness (QED) is 0.916. The van der Waals surface area contributed by atoms with Crippen LogP contribution in [0.25, 0.3) is 0 Å². The van der Waals surface area contributed by atoms with Crippen LogP contribution in [0.15, 0.2) is 35.1 Å². The van der Waals surface area contributed by atoms with Gasteiger partial charge in [0.1, 0.15) is 11.4 Å². The molecule has 2 aromatic rings. The van der Waals surface area contributed by atoms with E-state index >= 15 is 0 Å². The van der Waals surface area contributed by atoms with Crippen molar-refractivity contribution in [2.75, 3.05) is 0 Å². The molecule has 0 saturated heterocycles. The Morgan fingerprint density at radius 1 is 1.25 bits per heavy atom. The van der Waals surface area contributed by atoms with E-state index < -0.39 is 0 Å². The van der Waals surface area contributed by atoms with E-state index in [1.807, 2.05) is 27.7 Å². The summed E-state index contributed by atoms with van der Waals surface area (Å²) in [7, 11) is 0. The van der Waals surface area contributed by atoms with E-state index in [9.17, 15) is 14.0 Å². The molecule has 0 unspecified atom stereocenters. The Balaban J connectivity index is 2.51. The van der Waals surface area contributed by atoms with Crippen molar-refractivity contribution in [3.05, 3.63) is 68.9 Å². The van der Waals surface area contributed by atoms with E-state index in [2.05, 4.69) is 5.32 Å². The number of carbonyl (C=O) groups excluding carboxylic acids is 1. The lowest BCUT2D eigenvalue weighted by Gasteiger charge is -2.17. The van der Waals surface area contributed by atoms with Gasteiger partial charge in [0.2, 0.25) is 0 Å². The van der Waals surface area contributed by atoms with Crippen LogP contribution in [0, 0.1) is 12.7 Å². The third-order valence-corrected chi connectivity index (χ3v) is 3.87. The average Bonchev–Trinajstić information content (AvgIpc) is 2.52. The molecule has 0 radical (unpaired) electrons. The molecule has 0 saturated carbocycles. The number of carbonyl (C=O) groups is 1. The van der Waals surface area contributed by atoms with Crippen LogP contribution in [-0.4, -0.2) is 16.5 Å². The van der Waals surface area contributed by atoms with Gasteiger partial charge in [-0.3, -0.25) is 9.59 Å². The number of aromatic nitrogens is 1. The van der Waals surface area contributed by atoms with Gasteiger partial charge in [-0.15, -0.1) is 0 Å². The zero-order valence-corrected chi connectivity index (χ0v) is 14.5. The summed E-state index contributed by atoms with van der Waals surface area (Å²) in [6.07, 6.45) is 0.675. The minimum atomic E-state index is -0.367. The zero-order chi connectivity index (χ0) is 17.9. The number of halogens is 1. The lowest BCUT2D eigenvalue weighted by atomic mass is 10.1. The molecule has 5 heteroatoms. The third-order valence-electron chi connectivity index (χ3n) is 3.87. The van der Waals surface area contributed by atoms with Gasteiger partial charge >= 0.3 is 0 Å². The van der Waals surface area contributed by atoms with E-state index in [0.29, 0.717) is 13.0 Å². The highest BCUT2D eigenvalue weighted by molar-refractivity contribution is 5.94. The van der Waals surface area contributed by atoms with Crippen LogP contribution in [0.5, 0.6) is 0 Å². The van der Waals surface area contributed by atoms with E-state index in [0.717, 1.165) is 16.8 Å². The largest absolute Gasteiger partial charge is 0.350 e. The van der Waals surface area contributed by atoms with Crippen LogP contribution in [0.3, 0.4) is 0 Å². The number of pyridine rings is 1. The molecule has 1 aromatic carbocycles. The predicted molar refractivity (Wildman–Crippen MR) is 92.9 cm³/mol. The lowest BCUT2D eigenvalue weighted by Crippen LogP contribution is -2.37. The number of amides is 1. The Kier molecular flexibility index (Phi) is 5.54. The maximum Gasteiger partial charge on any atom is 0.263 e. The highest BCUT2D eigenvalue weighted by Gasteiger charge is 2.17. The van der Waals surface area contributed by atoms with Crippen LogP contribution in [0.1, 0.15) is 48.0 Å². The number of rotatable bonds is 5. The molecule has 4 nitrogen and oxygen atoms in total. The van der Waals surface area contributed by atoms with Crippen molar-refractivity contribution in [2.24, 2.45) is 0 Å². The van der Waals surface area contributed by atoms with Gasteiger partial charge in [-0.05, 0) is 56.5 Å². The minimum absolute atomic E-state index is 0.0476. The van der Waals surface area contributed by atoms with Gasteiger partial charge in [0.25, 0.3) is 11.5 Å². The van der Waals surface area contributed by atoms with E-state index in [1.54, 1.807) is 22.8 Å². The first-order valence-electron chi connectivity index (χ1n) is 8.12. The number of benzene rings is 1. The predicted octanol–water partition coefficient (Wildman–Crippen LogP) is 3.04. The second-order valence-corrected chi connectivity index (χ2v) is 6.19. The summed E-state index contributed by atoms with van der Waals surface area (Å²) in [5, 5.41) is 2.76. The SMILES string of the molecule is CCc1c(C)cc(C(=O)NC(C)C)c(=O)n1Cc1ccc(F)cc1. The van der Waals surface area contributed by atoms with Crippen LogP contribution in [0.4, 0.5) is 4.39 Å². The van der Waals surface area contributed by atoms with Gasteiger partial charge in [-0.25, -0.2) is 4.39 Å². The molecule has 1 N–H and O–H groups in total. The van der Waals surface area contributed by atoms with Crippen molar-refractivity contribution in [1.82, 2.24) is 9.88 Å². The van der Waals surface area contributed by atoms with Crippen molar-refractivity contribution in [2.45, 2.75) is 46.7 Å². The molecule has 0 bridgehead atoms. The number of nitrogens with one attached hydrogen (secondary N) is 1. The van der Waals surface area contributed by atoms with Crippen molar-refractivity contribution < 1.29 is 9.18 Å². The molecule has 2 rings (SSSR count). The Morgan fingerprint density at radius 3 is 2.42 bits per heavy atom. The monoisotopic (exact) mass is 330 g/mol. The second-order valence-electron chi connectivity index (χ2n) is 6.19. The highest BCUT2D eigenvalue weighted by atomic mass is 19.1. The molecular weight excluding hydrogens is 307 g/mol. The normalized spacial score (nSPS) is 10.9. The lowest BCUT2D eigenvalue weighted by molar-refractivity contribution is 0.0941. The highest BCUT2D eigenvalue weighted by Crippen LogP contribution is 2.12. The summed E-state index contributed by atoms with van der Waals surface area (Å²) in [6, 6.07) is 7.64. The van der Waals surface area contributed by atoms with Gasteiger partial charge in [0.15, 0.2) is 0 Å². The third kappa shape index (κ3) is 3.91. The minimum Gasteiger partial charge on any atom is -0.350 e. The van der Waals surface area contributed by atoms with Crippen molar-refractivity contribution in [3.8, 4) is 0 Å². The van der Waals surface area contributed by atoms with Crippen LogP contribution >= 0.6 is 0 Å². The Hall–Kier alpha value is -2.43. The maximum atomic E-state index is 13.1. The van der Waals surface area contributed by atoms with Crippen molar-refractivity contribution in [1.29, 1.82) is 0 Å². The fourth-order valence-corrected chi connectivity index (χ4v) is 2.75. The van der Waals surface area contributed by atoms with Gasteiger partial charge < -0.3 is 9.88 Å². The van der Waals surface area contributed by atoms with Crippen LogP contribution in [-0.2, 0) is 13.0 Å². The summed E-state index contributed by atoms with van der Waals surface area (Å²) in [5.74, 6) is -0.684. The number of nitrogens with zero attached hydrogens (tertiary/aromatic N) is 1. The van der Waals surface area contributed by atoms with Gasteiger partial charge in [0, 0.05) is 11.7 Å². The summed E-state index contributed by atoms with van der Waals surface area (Å²) in [4.78, 5) is 25.1. The standard InChI is InChI=1S/C19H23FN2O2/c1-5-17-13(4)10-16(18(23)21-12(2)3)19(24)22(17)11-14-6-8-15(20)9-7-14/h6-10,12H,5,11H2,1-4H3,(H,21,23). The molecule has 0 aliphatic carbocycles. The summed E-state index contributed by atoms with van der Waals surface area (Å²) < 4.78 is 14.7. The van der Waals surface area contributed by atoms with E-state index in [1.165, 1.54) is 12.1 Å². The number of aryl methyl sites for hydroxylation is 1. The first kappa shape index (κ1) is 17.9. The van der Waals surface area contributed by atoms with Gasteiger partial charge in [-0.1, -0.05) is 19.1 Å². The Morgan fingerprint density at radius 2 is 1.88 bits per heavy atom. The van der Waals surface area contributed by atoms with Gasteiger partial charge in [0.05, 0.1) is 6.54 Å². The Bertz CT molecular complexity index is 792. The molecule has 1 amide bonds. The fraction of sp³-hybridized carbons (Fsp3) is 0.368. The molecule has 0 aliphatic rings. The maximum absolute atomic E-state index is 13.1. The van der Waals surface area contributed by atoms with E-state index in [4.69, 9.17) is 0 Å². The van der Waals surface area contributed by atoms with Crippen LogP contribution in [0.2, 0.25) is 0 Å². The van der Waals surface area contributed by atoms with Gasteiger partial charge in [-0.2, -0.15) is 0 Å². The van der Waals surface area contributed by atoms with Crippen LogP contribution < -0.4 is 10.9 Å². The number of hydrogen-bond donors (Lipinski definition) is 1. The molecular formula is C19H23FN2O2. The molecule has 1 aromatic heterocycles. The fourth-order valence-electron chi connectivity index (χ4n) is 2.75. The average molecular weight is 330 g/mol. The molecule has 0 aliphatic heterocycles. The topological polar surface area (TPSA) is 51.1 Å².